The van der Waals surface area contributed by atoms with Gasteiger partial charge < -0.3 is 9.80 Å². The lowest BCUT2D eigenvalue weighted by Gasteiger charge is -2.36. The Morgan fingerprint density at radius 3 is 2.30 bits per heavy atom. The molecular weight excluding hydrogens is 394 g/mol. The first-order valence-corrected chi connectivity index (χ1v) is 12.1. The van der Waals surface area contributed by atoms with Crippen LogP contribution in [0.5, 0.6) is 0 Å². The number of hydrogen-bond acceptors (Lipinski definition) is 5. The second kappa shape index (κ2) is 8.36. The van der Waals surface area contributed by atoms with Crippen LogP contribution in [0.25, 0.3) is 10.9 Å². The average Bonchev–Trinajstić information content (AvgIpc) is 2.78. The minimum absolute atomic E-state index is 0.303. The van der Waals surface area contributed by atoms with E-state index in [-0.39, 0.29) is 0 Å². The second-order valence-electron chi connectivity index (χ2n) is 7.91. The molecule has 0 amide bonds. The molecule has 1 aliphatic heterocycles. The van der Waals surface area contributed by atoms with Gasteiger partial charge in [0.2, 0.25) is 9.84 Å². The fraction of sp³-hybridized carbons (Fsp3) is 0.375. The minimum atomic E-state index is -3.68. The molecule has 4 rings (SSSR count). The fourth-order valence-corrected chi connectivity index (χ4v) is 5.52. The van der Waals surface area contributed by atoms with E-state index < -0.39 is 9.84 Å². The van der Waals surface area contributed by atoms with Gasteiger partial charge in [-0.15, -0.1) is 0 Å². The van der Waals surface area contributed by atoms with Crippen LogP contribution in [-0.2, 0) is 16.3 Å². The summed E-state index contributed by atoms with van der Waals surface area (Å²) >= 11 is 0. The van der Waals surface area contributed by atoms with Crippen molar-refractivity contribution in [3.05, 3.63) is 59.8 Å². The van der Waals surface area contributed by atoms with Crippen LogP contribution in [-0.4, -0.2) is 51.0 Å². The van der Waals surface area contributed by atoms with Crippen molar-refractivity contribution in [3.63, 3.8) is 0 Å². The Hall–Kier alpha value is -2.44. The number of pyridine rings is 1. The molecule has 2 aromatic carbocycles. The third-order valence-corrected chi connectivity index (χ3v) is 7.81. The molecule has 0 N–H and O–H groups in total. The highest BCUT2D eigenvalue weighted by Crippen LogP contribution is 2.36. The van der Waals surface area contributed by atoms with E-state index in [1.54, 1.807) is 18.3 Å². The van der Waals surface area contributed by atoms with E-state index in [4.69, 9.17) is 0 Å². The lowest BCUT2D eigenvalue weighted by molar-refractivity contribution is 0.271. The normalized spacial score (nSPS) is 15.6. The Kier molecular flexibility index (Phi) is 5.80. The summed E-state index contributed by atoms with van der Waals surface area (Å²) in [6.45, 7) is 10.7. The molecule has 1 saturated heterocycles. The SMILES string of the molecule is CCc1ccc2ncc(S(=O)(=O)c3ccc(C)cc3)c(N3CCN(CC)CC3)c2c1. The number of piperazine rings is 1. The standard InChI is InChI=1S/C24H29N3O2S/c1-4-19-8-11-22-21(16-19)24(27-14-12-26(5-2)13-15-27)23(17-25-22)30(28,29)20-9-6-18(3)7-10-20/h6-11,16-17H,4-5,12-15H2,1-3H3. The molecule has 0 unspecified atom stereocenters. The van der Waals surface area contributed by atoms with Gasteiger partial charge in [-0.05, 0) is 49.7 Å². The van der Waals surface area contributed by atoms with Gasteiger partial charge in [0.05, 0.1) is 16.1 Å². The number of likely N-dealkylation sites (N-methyl/N-ethyl adjacent to an activating group) is 1. The molecule has 0 saturated carbocycles. The van der Waals surface area contributed by atoms with E-state index in [2.05, 4.69) is 40.8 Å². The number of aryl methyl sites for hydroxylation is 2. The number of sulfone groups is 1. The number of fused-ring (bicyclic) bond motifs is 1. The van der Waals surface area contributed by atoms with Crippen LogP contribution in [0, 0.1) is 6.92 Å². The molecule has 1 aliphatic rings. The summed E-state index contributed by atoms with van der Waals surface area (Å²) in [7, 11) is -3.68. The molecule has 1 aromatic heterocycles. The summed E-state index contributed by atoms with van der Waals surface area (Å²) in [6, 6.07) is 13.3. The van der Waals surface area contributed by atoms with E-state index in [1.807, 2.05) is 25.1 Å². The van der Waals surface area contributed by atoms with E-state index in [9.17, 15) is 8.42 Å². The highest BCUT2D eigenvalue weighted by Gasteiger charge is 2.28. The Morgan fingerprint density at radius 1 is 0.967 bits per heavy atom. The molecule has 0 aliphatic carbocycles. The first-order chi connectivity index (χ1) is 14.4. The quantitative estimate of drug-likeness (QED) is 0.619. The topological polar surface area (TPSA) is 53.5 Å². The van der Waals surface area contributed by atoms with Crippen LogP contribution in [0.1, 0.15) is 25.0 Å². The zero-order valence-corrected chi connectivity index (χ0v) is 18.7. The van der Waals surface area contributed by atoms with Gasteiger partial charge in [0.1, 0.15) is 4.90 Å². The summed E-state index contributed by atoms with van der Waals surface area (Å²) < 4.78 is 27.3. The van der Waals surface area contributed by atoms with E-state index >= 15 is 0 Å². The third-order valence-electron chi connectivity index (χ3n) is 6.04. The summed E-state index contributed by atoms with van der Waals surface area (Å²) in [5.41, 5.74) is 3.85. The monoisotopic (exact) mass is 423 g/mol. The lowest BCUT2D eigenvalue weighted by Crippen LogP contribution is -2.46. The molecule has 1 fully saturated rings. The summed E-state index contributed by atoms with van der Waals surface area (Å²) in [6.07, 6.45) is 2.44. The smallest absolute Gasteiger partial charge is 0.210 e. The first-order valence-electron chi connectivity index (χ1n) is 10.6. The minimum Gasteiger partial charge on any atom is -0.367 e. The summed E-state index contributed by atoms with van der Waals surface area (Å²) in [5.74, 6) is 0. The molecule has 0 atom stereocenters. The van der Waals surface area contributed by atoms with Crippen molar-refractivity contribution in [1.82, 2.24) is 9.88 Å². The highest BCUT2D eigenvalue weighted by atomic mass is 32.2. The molecule has 0 radical (unpaired) electrons. The van der Waals surface area contributed by atoms with Gasteiger partial charge in [0, 0.05) is 37.8 Å². The number of aromatic nitrogens is 1. The maximum Gasteiger partial charge on any atom is 0.210 e. The summed E-state index contributed by atoms with van der Waals surface area (Å²) in [4.78, 5) is 9.78. The van der Waals surface area contributed by atoms with Crippen LogP contribution >= 0.6 is 0 Å². The van der Waals surface area contributed by atoms with Gasteiger partial charge in [-0.25, -0.2) is 8.42 Å². The number of benzene rings is 2. The van der Waals surface area contributed by atoms with Gasteiger partial charge in [-0.1, -0.05) is 37.6 Å². The molecule has 6 heteroatoms. The van der Waals surface area contributed by atoms with Crippen LogP contribution in [0.15, 0.2) is 58.5 Å². The van der Waals surface area contributed by atoms with Gasteiger partial charge in [0.15, 0.2) is 0 Å². The zero-order valence-electron chi connectivity index (χ0n) is 17.9. The van der Waals surface area contributed by atoms with Crippen molar-refractivity contribution in [3.8, 4) is 0 Å². The third kappa shape index (κ3) is 3.82. The maximum absolute atomic E-state index is 13.7. The number of hydrogen-bond donors (Lipinski definition) is 0. The number of nitrogens with zero attached hydrogens (tertiary/aromatic N) is 3. The fourth-order valence-electron chi connectivity index (χ4n) is 4.08. The molecule has 3 aromatic rings. The lowest BCUT2D eigenvalue weighted by atomic mass is 10.1. The molecule has 5 nitrogen and oxygen atoms in total. The average molecular weight is 424 g/mol. The van der Waals surface area contributed by atoms with Crippen molar-refractivity contribution in [2.24, 2.45) is 0 Å². The van der Waals surface area contributed by atoms with Crippen molar-refractivity contribution < 1.29 is 8.42 Å². The predicted molar refractivity (Wildman–Crippen MR) is 122 cm³/mol. The van der Waals surface area contributed by atoms with Crippen molar-refractivity contribution in [2.75, 3.05) is 37.6 Å². The first kappa shape index (κ1) is 20.8. The van der Waals surface area contributed by atoms with Gasteiger partial charge in [-0.2, -0.15) is 0 Å². The van der Waals surface area contributed by atoms with Crippen LogP contribution in [0.2, 0.25) is 0 Å². The zero-order chi connectivity index (χ0) is 21.3. The molecule has 0 spiro atoms. The van der Waals surface area contributed by atoms with Crippen molar-refractivity contribution in [1.29, 1.82) is 0 Å². The van der Waals surface area contributed by atoms with Gasteiger partial charge in [-0.3, -0.25) is 4.98 Å². The molecule has 2 heterocycles. The van der Waals surface area contributed by atoms with E-state index in [1.165, 1.54) is 5.56 Å². The van der Waals surface area contributed by atoms with Gasteiger partial charge >= 0.3 is 0 Å². The predicted octanol–water partition coefficient (Wildman–Crippen LogP) is 4.08. The Bertz CT molecular complexity index is 1150. The highest BCUT2D eigenvalue weighted by molar-refractivity contribution is 7.91. The second-order valence-corrected chi connectivity index (χ2v) is 9.83. The Balaban J connectivity index is 1.91. The molecule has 0 bridgehead atoms. The molecule has 30 heavy (non-hydrogen) atoms. The number of anilines is 1. The summed E-state index contributed by atoms with van der Waals surface area (Å²) in [5, 5.41) is 0.924. The van der Waals surface area contributed by atoms with Crippen molar-refractivity contribution >= 4 is 26.4 Å². The maximum atomic E-state index is 13.7. The Morgan fingerprint density at radius 2 is 1.67 bits per heavy atom. The molecule has 158 valence electrons. The van der Waals surface area contributed by atoms with E-state index in [0.717, 1.165) is 61.3 Å². The van der Waals surface area contributed by atoms with Crippen molar-refractivity contribution in [2.45, 2.75) is 37.0 Å². The van der Waals surface area contributed by atoms with Crippen LogP contribution in [0.4, 0.5) is 5.69 Å². The Labute approximate surface area is 179 Å². The van der Waals surface area contributed by atoms with Crippen LogP contribution in [0.3, 0.4) is 0 Å². The van der Waals surface area contributed by atoms with Crippen LogP contribution < -0.4 is 4.90 Å². The largest absolute Gasteiger partial charge is 0.367 e. The van der Waals surface area contributed by atoms with E-state index in [0.29, 0.717) is 9.79 Å². The van der Waals surface area contributed by atoms with Gasteiger partial charge in [0.25, 0.3) is 0 Å². The molecular formula is C24H29N3O2S. The number of rotatable bonds is 5.